The number of sulfonamides is 1. The van der Waals surface area contributed by atoms with Crippen LogP contribution < -0.4 is 10.0 Å². The number of nitrogens with two attached hydrogens (primary N) is 1. The molecule has 0 amide bonds. The maximum absolute atomic E-state index is 12.1. The van der Waals surface area contributed by atoms with Gasteiger partial charge in [-0.15, -0.1) is 0 Å². The SMILES string of the molecule is Cc1cc(C#CCN)ccc1N1CC(C)CS1(=O)=O. The van der Waals surface area contributed by atoms with Crippen molar-refractivity contribution >= 4 is 15.7 Å². The van der Waals surface area contributed by atoms with E-state index >= 15 is 0 Å². The fourth-order valence-corrected chi connectivity index (χ4v) is 4.30. The molecule has 1 heterocycles. The smallest absolute Gasteiger partial charge is 0.235 e. The minimum atomic E-state index is -3.16. The fourth-order valence-electron chi connectivity index (χ4n) is 2.31. The van der Waals surface area contributed by atoms with Crippen LogP contribution in [0.15, 0.2) is 18.2 Å². The number of anilines is 1. The van der Waals surface area contributed by atoms with Crippen LogP contribution in [0.25, 0.3) is 0 Å². The molecule has 2 rings (SSSR count). The number of nitrogens with zero attached hydrogens (tertiary/aromatic N) is 1. The lowest BCUT2D eigenvalue weighted by Gasteiger charge is -2.19. The Morgan fingerprint density at radius 3 is 2.74 bits per heavy atom. The predicted octanol–water partition coefficient (Wildman–Crippen LogP) is 1.09. The van der Waals surface area contributed by atoms with Crippen LogP contribution in [0, 0.1) is 24.7 Å². The molecule has 0 saturated carbocycles. The number of rotatable bonds is 1. The van der Waals surface area contributed by atoms with Crippen molar-refractivity contribution in [3.63, 3.8) is 0 Å². The van der Waals surface area contributed by atoms with Crippen molar-refractivity contribution in [1.29, 1.82) is 0 Å². The van der Waals surface area contributed by atoms with Crippen LogP contribution in [-0.2, 0) is 10.0 Å². The maximum atomic E-state index is 12.1. The summed E-state index contributed by atoms with van der Waals surface area (Å²) in [5.74, 6) is 6.13. The summed E-state index contributed by atoms with van der Waals surface area (Å²) < 4.78 is 25.6. The largest absolute Gasteiger partial charge is 0.320 e. The summed E-state index contributed by atoms with van der Waals surface area (Å²) in [6, 6.07) is 5.56. The van der Waals surface area contributed by atoms with E-state index in [1.807, 2.05) is 32.0 Å². The first-order chi connectivity index (χ1) is 8.94. The second-order valence-electron chi connectivity index (χ2n) is 4.92. The Labute approximate surface area is 114 Å². The predicted molar refractivity (Wildman–Crippen MR) is 77.4 cm³/mol. The van der Waals surface area contributed by atoms with Crippen LogP contribution in [0.3, 0.4) is 0 Å². The summed E-state index contributed by atoms with van der Waals surface area (Å²) >= 11 is 0. The van der Waals surface area contributed by atoms with Crippen molar-refractivity contribution in [2.45, 2.75) is 13.8 Å². The molecule has 0 spiro atoms. The van der Waals surface area contributed by atoms with Crippen molar-refractivity contribution in [3.8, 4) is 11.8 Å². The van der Waals surface area contributed by atoms with Gasteiger partial charge in [-0.3, -0.25) is 4.31 Å². The topological polar surface area (TPSA) is 63.4 Å². The fraction of sp³-hybridized carbons (Fsp3) is 0.429. The highest BCUT2D eigenvalue weighted by Crippen LogP contribution is 2.29. The zero-order chi connectivity index (χ0) is 14.0. The van der Waals surface area contributed by atoms with Crippen LogP contribution in [0.1, 0.15) is 18.1 Å². The molecule has 1 saturated heterocycles. The highest BCUT2D eigenvalue weighted by atomic mass is 32.2. The molecule has 1 aromatic carbocycles. The summed E-state index contributed by atoms with van der Waals surface area (Å²) in [4.78, 5) is 0. The zero-order valence-electron chi connectivity index (χ0n) is 11.2. The van der Waals surface area contributed by atoms with Gasteiger partial charge in [-0.25, -0.2) is 8.42 Å². The quantitative estimate of drug-likeness (QED) is 0.782. The molecule has 19 heavy (non-hydrogen) atoms. The standard InChI is InChI=1S/C14H18N2O2S/c1-11-9-16(19(17,18)10-11)14-6-5-13(4-3-7-15)8-12(14)2/h5-6,8,11H,7,9-10,15H2,1-2H3. The normalized spacial score (nSPS) is 21.0. The van der Waals surface area contributed by atoms with E-state index in [-0.39, 0.29) is 11.7 Å². The first kappa shape index (κ1) is 13.9. The maximum Gasteiger partial charge on any atom is 0.235 e. The van der Waals surface area contributed by atoms with Crippen LogP contribution in [0.2, 0.25) is 0 Å². The highest BCUT2D eigenvalue weighted by Gasteiger charge is 2.34. The van der Waals surface area contributed by atoms with E-state index in [2.05, 4.69) is 11.8 Å². The summed E-state index contributed by atoms with van der Waals surface area (Å²) in [6.45, 7) is 4.73. The third kappa shape index (κ3) is 2.91. The number of aryl methyl sites for hydroxylation is 1. The molecule has 0 aliphatic carbocycles. The molecule has 102 valence electrons. The molecule has 1 unspecified atom stereocenters. The van der Waals surface area contributed by atoms with Crippen LogP contribution in [0.4, 0.5) is 5.69 Å². The van der Waals surface area contributed by atoms with Crippen molar-refractivity contribution < 1.29 is 8.42 Å². The van der Waals surface area contributed by atoms with E-state index in [9.17, 15) is 8.42 Å². The number of benzene rings is 1. The average molecular weight is 278 g/mol. The van der Waals surface area contributed by atoms with Gasteiger partial charge in [-0.1, -0.05) is 18.8 Å². The molecular formula is C14H18N2O2S. The Morgan fingerprint density at radius 2 is 2.21 bits per heavy atom. The second-order valence-corrected chi connectivity index (χ2v) is 6.86. The van der Waals surface area contributed by atoms with E-state index in [0.717, 1.165) is 16.8 Å². The summed E-state index contributed by atoms with van der Waals surface area (Å²) in [6.07, 6.45) is 0. The van der Waals surface area contributed by atoms with Gasteiger partial charge >= 0.3 is 0 Å². The minimum absolute atomic E-state index is 0.168. The van der Waals surface area contributed by atoms with E-state index < -0.39 is 10.0 Å². The molecule has 1 aliphatic heterocycles. The first-order valence-corrected chi connectivity index (χ1v) is 7.85. The molecule has 1 atom stereocenters. The molecule has 1 aliphatic rings. The summed E-state index contributed by atoms with van der Waals surface area (Å²) in [7, 11) is -3.16. The van der Waals surface area contributed by atoms with Gasteiger partial charge in [0.05, 0.1) is 18.0 Å². The minimum Gasteiger partial charge on any atom is -0.320 e. The summed E-state index contributed by atoms with van der Waals surface area (Å²) in [5, 5.41) is 0. The van der Waals surface area contributed by atoms with Gasteiger partial charge in [0.2, 0.25) is 10.0 Å². The molecule has 1 aromatic rings. The van der Waals surface area contributed by atoms with Gasteiger partial charge in [0, 0.05) is 12.1 Å². The molecule has 4 nitrogen and oxygen atoms in total. The lowest BCUT2D eigenvalue weighted by molar-refractivity contribution is 0.598. The molecule has 0 radical (unpaired) electrons. The molecular weight excluding hydrogens is 260 g/mol. The van der Waals surface area contributed by atoms with E-state index in [1.165, 1.54) is 4.31 Å². The third-order valence-corrected chi connectivity index (χ3v) is 5.12. The zero-order valence-corrected chi connectivity index (χ0v) is 12.0. The summed E-state index contributed by atoms with van der Waals surface area (Å²) in [5.41, 5.74) is 7.86. The third-order valence-electron chi connectivity index (χ3n) is 3.11. The van der Waals surface area contributed by atoms with E-state index in [0.29, 0.717) is 13.1 Å². The average Bonchev–Trinajstić information content (AvgIpc) is 2.60. The van der Waals surface area contributed by atoms with Gasteiger partial charge in [-0.2, -0.15) is 0 Å². The molecule has 2 N–H and O–H groups in total. The van der Waals surface area contributed by atoms with Crippen molar-refractivity contribution in [3.05, 3.63) is 29.3 Å². The Hall–Kier alpha value is -1.51. The van der Waals surface area contributed by atoms with Crippen molar-refractivity contribution in [2.24, 2.45) is 11.7 Å². The lowest BCUT2D eigenvalue weighted by Crippen LogP contribution is -2.26. The molecule has 1 fully saturated rings. The van der Waals surface area contributed by atoms with Crippen LogP contribution in [0.5, 0.6) is 0 Å². The van der Waals surface area contributed by atoms with Gasteiger partial charge in [0.25, 0.3) is 0 Å². The highest BCUT2D eigenvalue weighted by molar-refractivity contribution is 7.93. The Bertz CT molecular complexity index is 641. The van der Waals surface area contributed by atoms with Gasteiger partial charge < -0.3 is 5.73 Å². The number of hydrogen-bond donors (Lipinski definition) is 1. The monoisotopic (exact) mass is 278 g/mol. The first-order valence-electron chi connectivity index (χ1n) is 6.24. The number of hydrogen-bond acceptors (Lipinski definition) is 3. The Balaban J connectivity index is 2.37. The molecule has 5 heteroatoms. The second kappa shape index (κ2) is 5.24. The van der Waals surface area contributed by atoms with Crippen LogP contribution >= 0.6 is 0 Å². The Morgan fingerprint density at radius 1 is 1.47 bits per heavy atom. The molecule has 0 aromatic heterocycles. The van der Waals surface area contributed by atoms with Gasteiger partial charge in [0.15, 0.2) is 0 Å². The van der Waals surface area contributed by atoms with Gasteiger partial charge in [0.1, 0.15) is 0 Å². The van der Waals surface area contributed by atoms with Crippen molar-refractivity contribution in [2.75, 3.05) is 23.1 Å². The lowest BCUT2D eigenvalue weighted by atomic mass is 10.1. The molecule has 0 bridgehead atoms. The van der Waals surface area contributed by atoms with Crippen LogP contribution in [-0.4, -0.2) is 27.3 Å². The van der Waals surface area contributed by atoms with E-state index in [1.54, 1.807) is 0 Å². The van der Waals surface area contributed by atoms with Gasteiger partial charge in [-0.05, 0) is 36.6 Å². The Kier molecular flexibility index (Phi) is 3.83. The van der Waals surface area contributed by atoms with E-state index in [4.69, 9.17) is 5.73 Å². The van der Waals surface area contributed by atoms with Crippen molar-refractivity contribution in [1.82, 2.24) is 0 Å².